The molecule has 8 valence electrons. The van der Waals surface area contributed by atoms with E-state index in [-0.39, 0.29) is 126 Å². The second-order valence-corrected chi connectivity index (χ2v) is 0. The van der Waals surface area contributed by atoms with Crippen molar-refractivity contribution in [2.24, 2.45) is 0 Å². The fourth-order valence-electron chi connectivity index (χ4n) is 0. The van der Waals surface area contributed by atoms with E-state index in [0.29, 0.717) is 0 Å². The van der Waals surface area contributed by atoms with Crippen LogP contribution in [0.3, 0.4) is 0 Å². The van der Waals surface area contributed by atoms with Crippen molar-refractivity contribution in [1.29, 1.82) is 0 Å². The molecule has 0 heterocycles. The standard InChI is InChI=1S/Al.La.O.Sr.Ta/q2*+3;-2;+2;+5. The molecule has 5 heteroatoms. The summed E-state index contributed by atoms with van der Waals surface area (Å²) in [5, 5.41) is 0. The molecule has 0 rings (SSSR count). The number of rotatable bonds is 0. The van der Waals surface area contributed by atoms with Crippen LogP contribution in [0.25, 0.3) is 0 Å². The summed E-state index contributed by atoms with van der Waals surface area (Å²) in [6, 6.07) is 0. The molecule has 0 atom stereocenters. The van der Waals surface area contributed by atoms with Gasteiger partial charge in [-0.15, -0.1) is 0 Å². The molecule has 0 N–H and O–H groups in total. The summed E-state index contributed by atoms with van der Waals surface area (Å²) in [5.74, 6) is 0. The molecule has 0 amide bonds. The third kappa shape index (κ3) is 18.1. The molecule has 0 saturated carbocycles. The van der Waals surface area contributed by atoms with E-state index in [1.807, 2.05) is 0 Å². The Morgan fingerprint density at radius 3 is 1.00 bits per heavy atom. The molecule has 5 heavy (non-hydrogen) atoms. The Kier molecular flexibility index (Phi) is 180. The van der Waals surface area contributed by atoms with Gasteiger partial charge in [-0.1, -0.05) is 0 Å². The SMILES string of the molecule is [Al+3].[La+3].[O-2].[Sr+2].[Ta+5]. The summed E-state index contributed by atoms with van der Waals surface area (Å²) < 4.78 is 0. The summed E-state index contributed by atoms with van der Waals surface area (Å²) in [4.78, 5) is 0. The topological polar surface area (TPSA) is 28.5 Å². The quantitative estimate of drug-likeness (QED) is 0.429. The molecule has 0 spiro atoms. The van der Waals surface area contributed by atoms with Crippen LogP contribution in [0, 0.1) is 35.6 Å². The molecule has 0 aliphatic heterocycles. The maximum absolute atomic E-state index is 0. The Balaban J connectivity index is 0. The summed E-state index contributed by atoms with van der Waals surface area (Å²) in [6.07, 6.45) is 0. The minimum atomic E-state index is 0. The average molecular weight is 450 g/mol. The van der Waals surface area contributed by atoms with E-state index >= 15 is 0 Å². The maximum atomic E-state index is 0. The van der Waals surface area contributed by atoms with Crippen molar-refractivity contribution in [3.8, 4) is 0 Å². The molecule has 0 radical (unpaired) electrons. The van der Waals surface area contributed by atoms with Gasteiger partial charge in [0.2, 0.25) is 0 Å². The van der Waals surface area contributed by atoms with Gasteiger partial charge in [0.15, 0.2) is 0 Å². The van der Waals surface area contributed by atoms with Crippen molar-refractivity contribution in [3.63, 3.8) is 0 Å². The monoisotopic (exact) mass is 451 g/mol. The Bertz CT molecular complexity index is 11.6. The van der Waals surface area contributed by atoms with Gasteiger partial charge < -0.3 is 5.48 Å². The van der Waals surface area contributed by atoms with Crippen LogP contribution in [0.15, 0.2) is 0 Å². The minimum Gasteiger partial charge on any atom is -2.00 e. The van der Waals surface area contributed by atoms with E-state index in [2.05, 4.69) is 0 Å². The predicted octanol–water partition coefficient (Wildman–Crippen LogP) is -0.883. The minimum absolute atomic E-state index is 0. The maximum Gasteiger partial charge on any atom is 5.00 e. The van der Waals surface area contributed by atoms with Crippen molar-refractivity contribution < 1.29 is 63.5 Å². The molecule has 0 aromatic rings. The Morgan fingerprint density at radius 2 is 1.00 bits per heavy atom. The number of hydrogen-bond acceptors (Lipinski definition) is 0. The molecule has 0 aliphatic rings. The van der Waals surface area contributed by atoms with Gasteiger partial charge in [0, 0.05) is 0 Å². The van der Waals surface area contributed by atoms with Crippen LogP contribution in [0.5, 0.6) is 0 Å². The zero-order valence-corrected chi connectivity index (χ0v) is 14.2. The molecule has 1 nitrogen and oxygen atoms in total. The molecule has 0 aromatic heterocycles. The van der Waals surface area contributed by atoms with E-state index in [0.717, 1.165) is 0 Å². The van der Waals surface area contributed by atoms with Gasteiger partial charge in [-0.05, 0) is 0 Å². The van der Waals surface area contributed by atoms with Crippen molar-refractivity contribution in [3.05, 3.63) is 0 Å². The first-order chi connectivity index (χ1) is 0. The van der Waals surface area contributed by atoms with E-state index < -0.39 is 0 Å². The van der Waals surface area contributed by atoms with Crippen molar-refractivity contribution in [2.45, 2.75) is 0 Å². The first-order valence-electron chi connectivity index (χ1n) is 0. The fourth-order valence-corrected chi connectivity index (χ4v) is 0. The predicted molar refractivity (Wildman–Crippen MR) is 12.2 cm³/mol. The first kappa shape index (κ1) is 36.5. The van der Waals surface area contributed by atoms with E-state index in [4.69, 9.17) is 0 Å². The fraction of sp³-hybridized carbons (Fsp3) is 0. The van der Waals surface area contributed by atoms with Crippen LogP contribution in [0.4, 0.5) is 0 Å². The summed E-state index contributed by atoms with van der Waals surface area (Å²) in [5.41, 5.74) is 0. The van der Waals surface area contributed by atoms with Crippen LogP contribution < -0.4 is 0 Å². The normalized spacial score (nSPS) is 0. The molecule has 0 fully saturated rings. The third-order valence-electron chi connectivity index (χ3n) is 0. The number of hydrogen-bond donors (Lipinski definition) is 0. The molecule has 0 unspecified atom stereocenters. The summed E-state index contributed by atoms with van der Waals surface area (Å²) in [7, 11) is 0. The molecule has 0 aromatic carbocycles. The van der Waals surface area contributed by atoms with Gasteiger partial charge in [-0.25, -0.2) is 0 Å². The van der Waals surface area contributed by atoms with Gasteiger partial charge >= 0.3 is 121 Å². The first-order valence-corrected chi connectivity index (χ1v) is 0. The second kappa shape index (κ2) is 24.7. The molecule has 0 bridgehead atoms. The van der Waals surface area contributed by atoms with Crippen molar-refractivity contribution >= 4 is 62.8 Å². The summed E-state index contributed by atoms with van der Waals surface area (Å²) >= 11 is 0. The molecule has 0 saturated heterocycles. The van der Waals surface area contributed by atoms with Crippen LogP contribution in [0.2, 0.25) is 0 Å². The third-order valence-corrected chi connectivity index (χ3v) is 0. The van der Waals surface area contributed by atoms with Crippen molar-refractivity contribution in [1.82, 2.24) is 0 Å². The van der Waals surface area contributed by atoms with Crippen molar-refractivity contribution in [2.75, 3.05) is 0 Å². The van der Waals surface area contributed by atoms with Crippen LogP contribution in [0.1, 0.15) is 0 Å². The second-order valence-electron chi connectivity index (χ2n) is 0. The van der Waals surface area contributed by atoms with Crippen LogP contribution in [-0.4, -0.2) is 62.8 Å². The van der Waals surface area contributed by atoms with Gasteiger partial charge in [0.25, 0.3) is 0 Å². The Morgan fingerprint density at radius 1 is 1.00 bits per heavy atom. The van der Waals surface area contributed by atoms with Gasteiger partial charge in [0.05, 0.1) is 0 Å². The van der Waals surface area contributed by atoms with E-state index in [1.54, 1.807) is 0 Å². The molecular weight excluding hydrogens is 450 g/mol. The smallest absolute Gasteiger partial charge is 2.00 e. The zero-order valence-electron chi connectivity index (χ0n) is 2.72. The molecule has 0 aliphatic carbocycles. The van der Waals surface area contributed by atoms with Gasteiger partial charge in [-0.2, -0.15) is 0 Å². The van der Waals surface area contributed by atoms with Gasteiger partial charge in [0.1, 0.15) is 0 Å². The zero-order chi connectivity index (χ0) is 0. The largest absolute Gasteiger partial charge is 5.00 e. The van der Waals surface area contributed by atoms with Gasteiger partial charge in [-0.3, -0.25) is 0 Å². The van der Waals surface area contributed by atoms with Crippen LogP contribution in [-0.2, 0) is 27.9 Å². The Hall–Kier alpha value is 3.91. The van der Waals surface area contributed by atoms with E-state index in [9.17, 15) is 0 Å². The Labute approximate surface area is 123 Å². The average Bonchev–Trinajstić information content (AvgIpc) is 0. The van der Waals surface area contributed by atoms with Crippen LogP contribution >= 0.6 is 0 Å². The molecular formula is AlLaOSrTa+11. The van der Waals surface area contributed by atoms with E-state index in [1.165, 1.54) is 0 Å². The summed E-state index contributed by atoms with van der Waals surface area (Å²) in [6.45, 7) is 0.